The number of fused-ring (bicyclic) bond motifs is 1. The van der Waals surface area contributed by atoms with Crippen LogP contribution in [0.5, 0.6) is 11.5 Å². The zero-order valence-electron chi connectivity index (χ0n) is 22.7. The lowest BCUT2D eigenvalue weighted by molar-refractivity contribution is 0.146. The standard InChI is InChI=1S/C32H30ClN3O3S/c1-4-5-24(18-25-19-34-36-35-25)23-7-9-26(10-8-23)39-20-22-6-13-30-29(17-22)31(32(33)40-30)28-12-11-27(16-21(28)2)38-15-14-37-3/h6-13,16-17,24H,14-15,18-20H2,1-3H3/t24-/m0/s1. The number of nitrogens with zero attached hydrogens (tertiary/aromatic N) is 3. The number of hydrogen-bond acceptors (Lipinski definition) is 7. The molecule has 40 heavy (non-hydrogen) atoms. The predicted molar refractivity (Wildman–Crippen MR) is 163 cm³/mol. The van der Waals surface area contributed by atoms with Gasteiger partial charge in [-0.05, 0) is 77.7 Å². The summed E-state index contributed by atoms with van der Waals surface area (Å²) in [4.78, 5) is 0. The first-order chi connectivity index (χ1) is 19.6. The lowest BCUT2D eigenvalue weighted by Crippen LogP contribution is -2.07. The van der Waals surface area contributed by atoms with Gasteiger partial charge in [0.05, 0.1) is 18.2 Å². The summed E-state index contributed by atoms with van der Waals surface area (Å²) < 4.78 is 18.9. The van der Waals surface area contributed by atoms with Crippen LogP contribution in [0.2, 0.25) is 4.34 Å². The van der Waals surface area contributed by atoms with E-state index in [0.717, 1.165) is 65.9 Å². The number of aryl methyl sites for hydroxylation is 1. The van der Waals surface area contributed by atoms with Gasteiger partial charge in [-0.15, -0.1) is 22.4 Å². The quantitative estimate of drug-likeness (QED) is 0.134. The van der Waals surface area contributed by atoms with E-state index in [2.05, 4.69) is 70.6 Å². The summed E-state index contributed by atoms with van der Waals surface area (Å²) in [6.45, 7) is 6.00. The van der Waals surface area contributed by atoms with E-state index in [-0.39, 0.29) is 5.92 Å². The maximum absolute atomic E-state index is 6.77. The van der Waals surface area contributed by atoms with Gasteiger partial charge in [0.1, 0.15) is 35.6 Å². The monoisotopic (exact) mass is 571 g/mol. The minimum absolute atomic E-state index is 0.0555. The fraction of sp³-hybridized carbons (Fsp3) is 0.281. The smallest absolute Gasteiger partial charge is 0.119 e. The summed E-state index contributed by atoms with van der Waals surface area (Å²) in [5, 5.41) is 12.9. The van der Waals surface area contributed by atoms with Gasteiger partial charge in [0, 0.05) is 29.2 Å². The molecule has 0 fully saturated rings. The van der Waals surface area contributed by atoms with Crippen LogP contribution in [0.4, 0.5) is 0 Å². The second-order valence-electron chi connectivity index (χ2n) is 9.46. The van der Waals surface area contributed by atoms with Crippen LogP contribution < -0.4 is 9.47 Å². The summed E-state index contributed by atoms with van der Waals surface area (Å²) in [6.07, 6.45) is 0.725. The first-order valence-corrected chi connectivity index (χ1v) is 14.3. The van der Waals surface area contributed by atoms with E-state index in [1.807, 2.05) is 31.2 Å². The summed E-state index contributed by atoms with van der Waals surface area (Å²) >= 11 is 8.36. The first kappa shape index (κ1) is 27.9. The highest BCUT2D eigenvalue weighted by Crippen LogP contribution is 2.44. The maximum atomic E-state index is 6.77. The molecular formula is C32H30ClN3O3S. The van der Waals surface area contributed by atoms with E-state index >= 15 is 0 Å². The lowest BCUT2D eigenvalue weighted by atomic mass is 9.94. The molecule has 204 valence electrons. The number of halogens is 1. The van der Waals surface area contributed by atoms with Crippen LogP contribution >= 0.6 is 22.9 Å². The molecular weight excluding hydrogens is 542 g/mol. The first-order valence-electron chi connectivity index (χ1n) is 13.1. The number of methoxy groups -OCH3 is 1. The zero-order chi connectivity index (χ0) is 27.9. The SMILES string of the molecule is CC#C[C@@H](CC1=NN=NC1)c1ccc(OCc2ccc3sc(Cl)c(-c4ccc(OCCOC)cc4C)c3c2)cc1. The van der Waals surface area contributed by atoms with Gasteiger partial charge >= 0.3 is 0 Å². The largest absolute Gasteiger partial charge is 0.491 e. The number of ether oxygens (including phenoxy) is 3. The third-order valence-electron chi connectivity index (χ3n) is 6.68. The molecule has 4 aromatic rings. The molecule has 0 amide bonds. The van der Waals surface area contributed by atoms with Crippen molar-refractivity contribution < 1.29 is 14.2 Å². The van der Waals surface area contributed by atoms with Crippen molar-refractivity contribution in [2.24, 2.45) is 15.4 Å². The van der Waals surface area contributed by atoms with Gasteiger partial charge in [-0.1, -0.05) is 41.8 Å². The highest BCUT2D eigenvalue weighted by Gasteiger charge is 2.17. The average Bonchev–Trinajstić information content (AvgIpc) is 3.59. The highest BCUT2D eigenvalue weighted by molar-refractivity contribution is 7.23. The van der Waals surface area contributed by atoms with Crippen molar-refractivity contribution in [3.05, 3.63) is 81.7 Å². The van der Waals surface area contributed by atoms with Gasteiger partial charge in [0.25, 0.3) is 0 Å². The van der Waals surface area contributed by atoms with Crippen molar-refractivity contribution >= 4 is 38.7 Å². The Balaban J connectivity index is 1.30. The summed E-state index contributed by atoms with van der Waals surface area (Å²) in [7, 11) is 1.67. The summed E-state index contributed by atoms with van der Waals surface area (Å²) in [5.74, 6) is 8.00. The second-order valence-corrected chi connectivity index (χ2v) is 11.1. The van der Waals surface area contributed by atoms with E-state index in [0.29, 0.717) is 26.4 Å². The Bertz CT molecular complexity index is 1620. The van der Waals surface area contributed by atoms with Gasteiger partial charge in [-0.2, -0.15) is 5.11 Å². The van der Waals surface area contributed by atoms with Crippen LogP contribution in [0.1, 0.15) is 36.0 Å². The van der Waals surface area contributed by atoms with Crippen molar-refractivity contribution in [3.63, 3.8) is 0 Å². The number of thiophene rings is 1. The second kappa shape index (κ2) is 13.1. The molecule has 1 aromatic heterocycles. The Morgan fingerprint density at radius 3 is 2.55 bits per heavy atom. The molecule has 0 aliphatic carbocycles. The molecule has 0 saturated carbocycles. The van der Waals surface area contributed by atoms with Crippen LogP contribution in [0.15, 0.2) is 76.1 Å². The van der Waals surface area contributed by atoms with Crippen LogP contribution in [-0.2, 0) is 11.3 Å². The summed E-state index contributed by atoms with van der Waals surface area (Å²) in [5.41, 5.74) is 6.40. The molecule has 0 saturated heterocycles. The van der Waals surface area contributed by atoms with Crippen molar-refractivity contribution in [1.29, 1.82) is 0 Å². The average molecular weight is 572 g/mol. The van der Waals surface area contributed by atoms with Gasteiger partial charge < -0.3 is 14.2 Å². The fourth-order valence-electron chi connectivity index (χ4n) is 4.68. The van der Waals surface area contributed by atoms with Crippen molar-refractivity contribution in [3.8, 4) is 34.5 Å². The third kappa shape index (κ3) is 6.53. The van der Waals surface area contributed by atoms with Crippen LogP contribution in [0.3, 0.4) is 0 Å². The zero-order valence-corrected chi connectivity index (χ0v) is 24.3. The molecule has 0 spiro atoms. The Morgan fingerprint density at radius 1 is 1.00 bits per heavy atom. The number of benzene rings is 3. The minimum Gasteiger partial charge on any atom is -0.491 e. The Hall–Kier alpha value is -3.70. The molecule has 0 N–H and O–H groups in total. The van der Waals surface area contributed by atoms with Gasteiger partial charge in [-0.25, -0.2) is 0 Å². The van der Waals surface area contributed by atoms with Crippen LogP contribution in [0.25, 0.3) is 21.2 Å². The molecule has 2 heterocycles. The van der Waals surface area contributed by atoms with E-state index in [9.17, 15) is 0 Å². The highest BCUT2D eigenvalue weighted by atomic mass is 35.5. The molecule has 1 atom stereocenters. The Morgan fingerprint density at radius 2 is 1.82 bits per heavy atom. The molecule has 3 aromatic carbocycles. The molecule has 0 bridgehead atoms. The van der Waals surface area contributed by atoms with Gasteiger partial charge in [-0.3, -0.25) is 0 Å². The van der Waals surface area contributed by atoms with Crippen LogP contribution in [0, 0.1) is 18.8 Å². The molecule has 6 nitrogen and oxygen atoms in total. The normalized spacial score (nSPS) is 13.2. The number of rotatable bonds is 11. The van der Waals surface area contributed by atoms with Gasteiger partial charge in [0.2, 0.25) is 0 Å². The van der Waals surface area contributed by atoms with E-state index < -0.39 is 0 Å². The van der Waals surface area contributed by atoms with Crippen molar-refractivity contribution in [2.75, 3.05) is 26.9 Å². The topological polar surface area (TPSA) is 64.8 Å². The fourth-order valence-corrected chi connectivity index (χ4v) is 6.05. The van der Waals surface area contributed by atoms with Gasteiger partial charge in [0.15, 0.2) is 0 Å². The van der Waals surface area contributed by atoms with E-state index in [4.69, 9.17) is 25.8 Å². The van der Waals surface area contributed by atoms with Crippen molar-refractivity contribution in [1.82, 2.24) is 0 Å². The molecule has 8 heteroatoms. The van der Waals surface area contributed by atoms with Crippen LogP contribution in [-0.4, -0.2) is 32.6 Å². The molecule has 5 rings (SSSR count). The lowest BCUT2D eigenvalue weighted by Gasteiger charge is -2.13. The van der Waals surface area contributed by atoms with E-state index in [1.165, 1.54) is 0 Å². The minimum atomic E-state index is 0.0555. The molecule has 0 unspecified atom stereocenters. The molecule has 1 aliphatic rings. The Kier molecular flexibility index (Phi) is 9.12. The number of hydrogen-bond donors (Lipinski definition) is 0. The van der Waals surface area contributed by atoms with E-state index in [1.54, 1.807) is 18.4 Å². The predicted octanol–water partition coefficient (Wildman–Crippen LogP) is 8.45. The summed E-state index contributed by atoms with van der Waals surface area (Å²) in [6, 6.07) is 20.6. The third-order valence-corrected chi connectivity index (χ3v) is 8.06. The Labute approximate surface area is 243 Å². The molecule has 0 radical (unpaired) electrons. The van der Waals surface area contributed by atoms with Crippen molar-refractivity contribution in [2.45, 2.75) is 32.8 Å². The maximum Gasteiger partial charge on any atom is 0.119 e. The molecule has 1 aliphatic heterocycles.